The summed E-state index contributed by atoms with van der Waals surface area (Å²) < 4.78 is 5.98. The second-order valence-corrected chi connectivity index (χ2v) is 5.66. The van der Waals surface area contributed by atoms with Crippen molar-refractivity contribution in [3.63, 3.8) is 0 Å². The Morgan fingerprint density at radius 1 is 1.17 bits per heavy atom. The van der Waals surface area contributed by atoms with Crippen LogP contribution >= 0.6 is 11.8 Å². The highest BCUT2D eigenvalue weighted by atomic mass is 32.2. The Balaban J connectivity index is 1.71. The van der Waals surface area contributed by atoms with Gasteiger partial charge in [0.2, 0.25) is 11.9 Å². The zero-order chi connectivity index (χ0) is 16.1. The monoisotopic (exact) mass is 327 g/mol. The molecule has 0 spiro atoms. The van der Waals surface area contributed by atoms with E-state index < -0.39 is 0 Å². The number of aromatic amines is 1. The molecule has 7 heteroatoms. The maximum Gasteiger partial charge on any atom is 0.243 e. The van der Waals surface area contributed by atoms with Gasteiger partial charge in [0.15, 0.2) is 0 Å². The van der Waals surface area contributed by atoms with Crippen LogP contribution in [-0.2, 0) is 6.54 Å². The number of para-hydroxylation sites is 1. The number of hydrogen-bond donors (Lipinski definition) is 3. The lowest BCUT2D eigenvalue weighted by Crippen LogP contribution is -2.02. The summed E-state index contributed by atoms with van der Waals surface area (Å²) in [6, 6.07) is 15.8. The second-order valence-electron chi connectivity index (χ2n) is 4.78. The van der Waals surface area contributed by atoms with Crippen LogP contribution in [-0.4, -0.2) is 21.4 Å². The van der Waals surface area contributed by atoms with Gasteiger partial charge in [-0.15, -0.1) is 16.9 Å². The van der Waals surface area contributed by atoms with E-state index in [1.165, 1.54) is 4.90 Å². The van der Waals surface area contributed by atoms with Gasteiger partial charge in [0, 0.05) is 17.0 Å². The van der Waals surface area contributed by atoms with Crippen LogP contribution in [0.2, 0.25) is 0 Å². The number of H-pyrrole nitrogens is 1. The number of rotatable bonds is 6. The van der Waals surface area contributed by atoms with E-state index in [0.29, 0.717) is 12.5 Å². The fourth-order valence-electron chi connectivity index (χ4n) is 2.05. The summed E-state index contributed by atoms with van der Waals surface area (Å²) in [5, 5.41) is 9.65. The number of nitrogen functional groups attached to an aromatic ring is 1. The third-order valence-corrected chi connectivity index (χ3v) is 3.94. The van der Waals surface area contributed by atoms with Crippen LogP contribution in [0.1, 0.15) is 5.56 Å². The highest BCUT2D eigenvalue weighted by Crippen LogP contribution is 2.27. The molecule has 0 bridgehead atoms. The fourth-order valence-corrected chi connectivity index (χ4v) is 2.46. The third kappa shape index (κ3) is 3.95. The molecule has 2 aromatic carbocycles. The fraction of sp³-hybridized carbons (Fsp3) is 0.125. The predicted molar refractivity (Wildman–Crippen MR) is 92.9 cm³/mol. The molecule has 0 radical (unpaired) electrons. The molecule has 0 saturated carbocycles. The van der Waals surface area contributed by atoms with E-state index >= 15 is 0 Å². The number of benzene rings is 2. The number of hydrogen-bond acceptors (Lipinski definition) is 6. The van der Waals surface area contributed by atoms with E-state index in [1.807, 2.05) is 54.8 Å². The van der Waals surface area contributed by atoms with Gasteiger partial charge < -0.3 is 15.8 Å². The Morgan fingerprint density at radius 3 is 2.65 bits per heavy atom. The Kier molecular flexibility index (Phi) is 4.68. The number of anilines is 2. The first kappa shape index (κ1) is 15.2. The van der Waals surface area contributed by atoms with E-state index in [1.54, 1.807) is 11.8 Å². The first-order valence-electron chi connectivity index (χ1n) is 7.06. The van der Waals surface area contributed by atoms with Crippen molar-refractivity contribution in [1.82, 2.24) is 15.2 Å². The van der Waals surface area contributed by atoms with Crippen molar-refractivity contribution in [2.75, 3.05) is 17.3 Å². The molecule has 0 atom stereocenters. The molecule has 118 valence electrons. The van der Waals surface area contributed by atoms with Crippen LogP contribution in [0.4, 0.5) is 11.9 Å². The molecular formula is C16H17N5OS. The molecule has 0 aliphatic heterocycles. The number of ether oxygens (including phenoxy) is 1. The topological polar surface area (TPSA) is 88.8 Å². The molecule has 23 heavy (non-hydrogen) atoms. The van der Waals surface area contributed by atoms with Gasteiger partial charge in [-0.3, -0.25) is 0 Å². The van der Waals surface area contributed by atoms with Crippen molar-refractivity contribution in [2.24, 2.45) is 0 Å². The van der Waals surface area contributed by atoms with E-state index in [4.69, 9.17) is 10.5 Å². The highest BCUT2D eigenvalue weighted by molar-refractivity contribution is 7.98. The molecule has 0 unspecified atom stereocenters. The van der Waals surface area contributed by atoms with Gasteiger partial charge >= 0.3 is 0 Å². The van der Waals surface area contributed by atoms with Crippen LogP contribution in [0, 0.1) is 0 Å². The molecule has 0 aliphatic carbocycles. The van der Waals surface area contributed by atoms with E-state index in [0.717, 1.165) is 17.1 Å². The summed E-state index contributed by atoms with van der Waals surface area (Å²) >= 11 is 1.70. The Morgan fingerprint density at radius 2 is 1.96 bits per heavy atom. The Bertz CT molecular complexity index is 772. The minimum absolute atomic E-state index is 0.283. The SMILES string of the molecule is CSc1ccc(Oc2ccccc2CNc2n[nH]c(N)n2)cc1. The minimum atomic E-state index is 0.283. The third-order valence-electron chi connectivity index (χ3n) is 3.20. The number of nitrogens with one attached hydrogen (secondary N) is 2. The van der Waals surface area contributed by atoms with Crippen molar-refractivity contribution < 1.29 is 4.74 Å². The molecule has 0 aliphatic rings. The molecule has 6 nitrogen and oxygen atoms in total. The summed E-state index contributed by atoms with van der Waals surface area (Å²) in [6.07, 6.45) is 2.05. The molecule has 1 heterocycles. The van der Waals surface area contributed by atoms with Gasteiger partial charge in [0.25, 0.3) is 0 Å². The Labute approximate surface area is 138 Å². The summed E-state index contributed by atoms with van der Waals surface area (Å²) in [7, 11) is 0. The van der Waals surface area contributed by atoms with Crippen molar-refractivity contribution in [2.45, 2.75) is 11.4 Å². The van der Waals surface area contributed by atoms with Crippen molar-refractivity contribution in [3.8, 4) is 11.5 Å². The number of thioether (sulfide) groups is 1. The number of nitrogens with zero attached hydrogens (tertiary/aromatic N) is 2. The van der Waals surface area contributed by atoms with Crippen LogP contribution in [0.15, 0.2) is 53.4 Å². The number of nitrogens with two attached hydrogens (primary N) is 1. The normalized spacial score (nSPS) is 10.5. The van der Waals surface area contributed by atoms with Crippen LogP contribution in [0.5, 0.6) is 11.5 Å². The average Bonchev–Trinajstić information content (AvgIpc) is 3.00. The zero-order valence-corrected chi connectivity index (χ0v) is 13.4. The predicted octanol–water partition coefficient (Wildman–Crippen LogP) is 3.51. The molecule has 1 aromatic heterocycles. The van der Waals surface area contributed by atoms with Crippen LogP contribution < -0.4 is 15.8 Å². The van der Waals surface area contributed by atoms with Gasteiger partial charge in [0.05, 0.1) is 0 Å². The molecule has 0 saturated heterocycles. The summed E-state index contributed by atoms with van der Waals surface area (Å²) in [6.45, 7) is 0.538. The maximum absolute atomic E-state index is 5.98. The van der Waals surface area contributed by atoms with Gasteiger partial charge in [-0.1, -0.05) is 18.2 Å². The van der Waals surface area contributed by atoms with E-state index in [-0.39, 0.29) is 5.95 Å². The zero-order valence-electron chi connectivity index (χ0n) is 12.6. The standard InChI is InChI=1S/C16H17N5OS/c1-23-13-8-6-12(7-9-13)22-14-5-3-2-4-11(14)10-18-16-19-15(17)20-21-16/h2-9H,10H2,1H3,(H4,17,18,19,20,21). The van der Waals surface area contributed by atoms with Gasteiger partial charge in [-0.2, -0.15) is 4.98 Å². The second kappa shape index (κ2) is 7.06. The van der Waals surface area contributed by atoms with Gasteiger partial charge in [-0.05, 0) is 36.6 Å². The minimum Gasteiger partial charge on any atom is -0.457 e. The van der Waals surface area contributed by atoms with E-state index in [9.17, 15) is 0 Å². The van der Waals surface area contributed by atoms with Crippen molar-refractivity contribution >= 4 is 23.7 Å². The van der Waals surface area contributed by atoms with E-state index in [2.05, 4.69) is 20.5 Å². The van der Waals surface area contributed by atoms with Crippen LogP contribution in [0.3, 0.4) is 0 Å². The molecule has 4 N–H and O–H groups in total. The van der Waals surface area contributed by atoms with Crippen molar-refractivity contribution in [1.29, 1.82) is 0 Å². The molecular weight excluding hydrogens is 310 g/mol. The maximum atomic E-state index is 5.98. The van der Waals surface area contributed by atoms with Crippen LogP contribution in [0.25, 0.3) is 0 Å². The Hall–Kier alpha value is -2.67. The largest absolute Gasteiger partial charge is 0.457 e. The highest BCUT2D eigenvalue weighted by Gasteiger charge is 2.06. The average molecular weight is 327 g/mol. The summed E-state index contributed by atoms with van der Waals surface area (Å²) in [4.78, 5) is 5.22. The summed E-state index contributed by atoms with van der Waals surface area (Å²) in [5.41, 5.74) is 6.51. The van der Waals surface area contributed by atoms with Crippen molar-refractivity contribution in [3.05, 3.63) is 54.1 Å². The van der Waals surface area contributed by atoms with Gasteiger partial charge in [-0.25, -0.2) is 5.10 Å². The summed E-state index contributed by atoms with van der Waals surface area (Å²) in [5.74, 6) is 2.34. The van der Waals surface area contributed by atoms with Gasteiger partial charge in [0.1, 0.15) is 11.5 Å². The number of aromatic nitrogens is 3. The lowest BCUT2D eigenvalue weighted by atomic mass is 10.2. The molecule has 0 fully saturated rings. The first-order chi connectivity index (χ1) is 11.2. The lowest BCUT2D eigenvalue weighted by molar-refractivity contribution is 0.476. The first-order valence-corrected chi connectivity index (χ1v) is 8.28. The lowest BCUT2D eigenvalue weighted by Gasteiger charge is -2.11. The quantitative estimate of drug-likeness (QED) is 0.600. The molecule has 3 aromatic rings. The molecule has 0 amide bonds. The molecule has 3 rings (SSSR count). The smallest absolute Gasteiger partial charge is 0.243 e.